The lowest BCUT2D eigenvalue weighted by molar-refractivity contribution is 1.22. The maximum Gasteiger partial charge on any atom is 0.156 e. The topological polar surface area (TPSA) is 41.6 Å². The van der Waals surface area contributed by atoms with Gasteiger partial charge in [-0.25, -0.2) is 4.98 Å². The molecule has 0 unspecified atom stereocenters. The number of hydrogen-bond donors (Lipinski definition) is 1. The maximum atomic E-state index is 6.15. The molecule has 0 bridgehead atoms. The Balaban J connectivity index is 2.03. The molecule has 0 spiro atoms. The molecule has 0 saturated heterocycles. The third kappa shape index (κ3) is 2.00. The van der Waals surface area contributed by atoms with Gasteiger partial charge in [-0.2, -0.15) is 0 Å². The molecule has 3 rings (SSSR count). The molecule has 88 valence electrons. The van der Waals surface area contributed by atoms with E-state index in [1.807, 2.05) is 42.5 Å². The fourth-order valence-corrected chi connectivity index (χ4v) is 2.01. The minimum atomic E-state index is 0.703. The molecule has 0 amide bonds. The molecule has 4 heteroatoms. The zero-order chi connectivity index (χ0) is 12.4. The third-order valence-corrected chi connectivity index (χ3v) is 2.98. The molecule has 0 radical (unpaired) electrons. The van der Waals surface area contributed by atoms with E-state index in [0.29, 0.717) is 5.02 Å². The predicted octanol–water partition coefficient (Wildman–Crippen LogP) is 3.79. The summed E-state index contributed by atoms with van der Waals surface area (Å²) in [5, 5.41) is 0.703. The number of halogens is 1. The van der Waals surface area contributed by atoms with Gasteiger partial charge >= 0.3 is 0 Å². The first-order valence-electron chi connectivity index (χ1n) is 5.56. The summed E-state index contributed by atoms with van der Waals surface area (Å²) in [4.78, 5) is 11.8. The molecule has 0 aliphatic carbocycles. The molecular formula is C14H10ClN3. The average Bonchev–Trinajstić information content (AvgIpc) is 2.90. The number of H-pyrrole nitrogens is 1. The van der Waals surface area contributed by atoms with Crippen LogP contribution >= 0.6 is 11.6 Å². The fourth-order valence-electron chi connectivity index (χ4n) is 1.77. The smallest absolute Gasteiger partial charge is 0.156 e. The fraction of sp³-hybridized carbons (Fsp3) is 0. The van der Waals surface area contributed by atoms with Crippen molar-refractivity contribution in [2.45, 2.75) is 0 Å². The Morgan fingerprint density at radius 2 is 1.78 bits per heavy atom. The number of nitrogens with zero attached hydrogens (tertiary/aromatic N) is 2. The summed E-state index contributed by atoms with van der Waals surface area (Å²) < 4.78 is 0. The third-order valence-electron chi connectivity index (χ3n) is 2.65. The Hall–Kier alpha value is -2.13. The van der Waals surface area contributed by atoms with E-state index < -0.39 is 0 Å². The lowest BCUT2D eigenvalue weighted by atomic mass is 10.2. The molecule has 3 aromatic rings. The predicted molar refractivity (Wildman–Crippen MR) is 72.3 cm³/mol. The Morgan fingerprint density at radius 3 is 2.56 bits per heavy atom. The highest BCUT2D eigenvalue weighted by Crippen LogP contribution is 2.27. The lowest BCUT2D eigenvalue weighted by Gasteiger charge is -2.00. The van der Waals surface area contributed by atoms with Crippen LogP contribution in [-0.2, 0) is 0 Å². The summed E-state index contributed by atoms with van der Waals surface area (Å²) >= 11 is 6.15. The number of imidazole rings is 1. The maximum absolute atomic E-state index is 6.15. The van der Waals surface area contributed by atoms with Crippen LogP contribution in [0.1, 0.15) is 0 Å². The van der Waals surface area contributed by atoms with Gasteiger partial charge in [-0.15, -0.1) is 0 Å². The van der Waals surface area contributed by atoms with Crippen LogP contribution < -0.4 is 0 Å². The average molecular weight is 256 g/mol. The van der Waals surface area contributed by atoms with E-state index in [1.54, 1.807) is 12.4 Å². The second-order valence-electron chi connectivity index (χ2n) is 3.84. The van der Waals surface area contributed by atoms with Gasteiger partial charge in [0.15, 0.2) is 5.82 Å². The zero-order valence-electron chi connectivity index (χ0n) is 9.47. The van der Waals surface area contributed by atoms with Gasteiger partial charge in [-0.1, -0.05) is 35.9 Å². The molecule has 0 aliphatic heterocycles. The summed E-state index contributed by atoms with van der Waals surface area (Å²) in [7, 11) is 0. The van der Waals surface area contributed by atoms with Crippen molar-refractivity contribution in [3.8, 4) is 22.8 Å². The van der Waals surface area contributed by atoms with Crippen LogP contribution in [0.5, 0.6) is 0 Å². The van der Waals surface area contributed by atoms with Gasteiger partial charge < -0.3 is 4.98 Å². The number of aromatic nitrogens is 3. The van der Waals surface area contributed by atoms with E-state index in [4.69, 9.17) is 11.6 Å². The standard InChI is InChI=1S/C14H10ClN3/c15-11-6-2-1-5-10(11)13-9-17-14(18-13)12-7-3-4-8-16-12/h1-9H,(H,17,18). The van der Waals surface area contributed by atoms with Gasteiger partial charge in [0.1, 0.15) is 5.69 Å². The first kappa shape index (κ1) is 11.0. The van der Waals surface area contributed by atoms with E-state index in [1.165, 1.54) is 0 Å². The van der Waals surface area contributed by atoms with Crippen molar-refractivity contribution >= 4 is 11.6 Å². The van der Waals surface area contributed by atoms with E-state index >= 15 is 0 Å². The molecule has 1 N–H and O–H groups in total. The normalized spacial score (nSPS) is 10.5. The lowest BCUT2D eigenvalue weighted by Crippen LogP contribution is -1.84. The first-order chi connectivity index (χ1) is 8.84. The number of nitrogens with one attached hydrogen (secondary N) is 1. The second-order valence-corrected chi connectivity index (χ2v) is 4.25. The Morgan fingerprint density at radius 1 is 0.944 bits per heavy atom. The van der Waals surface area contributed by atoms with Crippen molar-refractivity contribution in [3.05, 3.63) is 59.9 Å². The molecular weight excluding hydrogens is 246 g/mol. The second kappa shape index (κ2) is 4.63. The zero-order valence-corrected chi connectivity index (χ0v) is 10.2. The highest BCUT2D eigenvalue weighted by atomic mass is 35.5. The van der Waals surface area contributed by atoms with Crippen molar-refractivity contribution in [2.24, 2.45) is 0 Å². The number of pyridine rings is 1. The van der Waals surface area contributed by atoms with Crippen LogP contribution in [0.4, 0.5) is 0 Å². The highest BCUT2D eigenvalue weighted by molar-refractivity contribution is 6.33. The van der Waals surface area contributed by atoms with Gasteiger partial charge in [-0.3, -0.25) is 4.98 Å². The van der Waals surface area contributed by atoms with Crippen LogP contribution in [0.2, 0.25) is 5.02 Å². The van der Waals surface area contributed by atoms with Crippen molar-refractivity contribution in [1.29, 1.82) is 0 Å². The molecule has 2 aromatic heterocycles. The minimum Gasteiger partial charge on any atom is -0.337 e. The molecule has 18 heavy (non-hydrogen) atoms. The summed E-state index contributed by atoms with van der Waals surface area (Å²) in [5.74, 6) is 0.741. The van der Waals surface area contributed by atoms with Gasteiger partial charge in [-0.05, 0) is 18.2 Å². The molecule has 0 saturated carbocycles. The Bertz CT molecular complexity index is 662. The summed E-state index contributed by atoms with van der Waals surface area (Å²) in [6.07, 6.45) is 3.51. The van der Waals surface area contributed by atoms with E-state index in [2.05, 4.69) is 15.0 Å². The molecule has 0 fully saturated rings. The van der Waals surface area contributed by atoms with E-state index in [9.17, 15) is 0 Å². The van der Waals surface area contributed by atoms with Crippen molar-refractivity contribution in [1.82, 2.24) is 15.0 Å². The van der Waals surface area contributed by atoms with Crippen LogP contribution in [0, 0.1) is 0 Å². The van der Waals surface area contributed by atoms with Crippen LogP contribution in [0.25, 0.3) is 22.8 Å². The van der Waals surface area contributed by atoms with Gasteiger partial charge in [0, 0.05) is 16.8 Å². The van der Waals surface area contributed by atoms with Gasteiger partial charge in [0.2, 0.25) is 0 Å². The quantitative estimate of drug-likeness (QED) is 0.757. The Kier molecular flexibility index (Phi) is 2.82. The summed E-state index contributed by atoms with van der Waals surface area (Å²) in [6.45, 7) is 0. The molecule has 2 heterocycles. The monoisotopic (exact) mass is 255 g/mol. The van der Waals surface area contributed by atoms with Crippen LogP contribution in [0.15, 0.2) is 54.9 Å². The van der Waals surface area contributed by atoms with Crippen molar-refractivity contribution < 1.29 is 0 Å². The number of benzene rings is 1. The molecule has 0 atom stereocenters. The highest BCUT2D eigenvalue weighted by Gasteiger charge is 2.08. The van der Waals surface area contributed by atoms with Crippen LogP contribution in [-0.4, -0.2) is 15.0 Å². The van der Waals surface area contributed by atoms with Crippen LogP contribution in [0.3, 0.4) is 0 Å². The van der Waals surface area contributed by atoms with Crippen molar-refractivity contribution in [3.63, 3.8) is 0 Å². The SMILES string of the molecule is Clc1ccccc1-c1cnc(-c2ccccn2)[nH]1. The van der Waals surface area contributed by atoms with E-state index in [-0.39, 0.29) is 0 Å². The Labute approximate surface area is 109 Å². The summed E-state index contributed by atoms with van der Waals surface area (Å²) in [6, 6.07) is 13.4. The van der Waals surface area contributed by atoms with Gasteiger partial charge in [0.05, 0.1) is 11.9 Å². The van der Waals surface area contributed by atoms with E-state index in [0.717, 1.165) is 22.8 Å². The van der Waals surface area contributed by atoms with Gasteiger partial charge in [0.25, 0.3) is 0 Å². The number of rotatable bonds is 2. The number of aromatic amines is 1. The minimum absolute atomic E-state index is 0.703. The summed E-state index contributed by atoms with van der Waals surface area (Å²) in [5.41, 5.74) is 2.64. The van der Waals surface area contributed by atoms with Crippen molar-refractivity contribution in [2.75, 3.05) is 0 Å². The first-order valence-corrected chi connectivity index (χ1v) is 5.94. The molecule has 1 aromatic carbocycles. The number of hydrogen-bond acceptors (Lipinski definition) is 2. The molecule has 3 nitrogen and oxygen atoms in total. The largest absolute Gasteiger partial charge is 0.337 e. The molecule has 0 aliphatic rings.